The number of halogens is 2. The fraction of sp³-hybridized carbons (Fsp3) is 0.308. The lowest BCUT2D eigenvalue weighted by atomic mass is 10.1. The molecule has 2 rings (SSSR count). The van der Waals surface area contributed by atoms with Crippen LogP contribution in [0, 0.1) is 6.92 Å². The predicted molar refractivity (Wildman–Crippen MR) is 65.7 cm³/mol. The number of carbonyl (C=O) groups is 1. The van der Waals surface area contributed by atoms with E-state index >= 15 is 0 Å². The summed E-state index contributed by atoms with van der Waals surface area (Å²) < 4.78 is 34.2. The van der Waals surface area contributed by atoms with E-state index in [-0.39, 0.29) is 11.7 Å². The number of aryl methyl sites for hydroxylation is 1. The molecule has 0 saturated heterocycles. The number of nitrogens with zero attached hydrogens (tertiary/aromatic N) is 2. The number of benzene rings is 1. The number of rotatable bonds is 5. The van der Waals surface area contributed by atoms with E-state index in [2.05, 4.69) is 10.1 Å². The van der Waals surface area contributed by atoms with Crippen LogP contribution in [0.1, 0.15) is 11.5 Å². The molecule has 0 atom stereocenters. The van der Waals surface area contributed by atoms with Gasteiger partial charge in [0.25, 0.3) is 6.43 Å². The molecule has 20 heavy (non-hydrogen) atoms. The van der Waals surface area contributed by atoms with Crippen LogP contribution >= 0.6 is 0 Å². The Morgan fingerprint density at radius 1 is 1.45 bits per heavy atom. The van der Waals surface area contributed by atoms with E-state index in [0.717, 1.165) is 5.56 Å². The minimum atomic E-state index is -3.03. The number of Topliss-reactive ketones (excluding diaryl/α,β-unsaturated/α-hetero) is 1. The van der Waals surface area contributed by atoms with Crippen LogP contribution < -0.4 is 4.74 Å². The lowest BCUT2D eigenvalue weighted by Gasteiger charge is -2.04. The van der Waals surface area contributed by atoms with Crippen molar-refractivity contribution in [1.82, 2.24) is 10.1 Å². The highest BCUT2D eigenvalue weighted by Crippen LogP contribution is 2.24. The first-order valence-corrected chi connectivity index (χ1v) is 5.79. The summed E-state index contributed by atoms with van der Waals surface area (Å²) in [6.45, 7) is 1.85. The van der Waals surface area contributed by atoms with Gasteiger partial charge in [-0.25, -0.2) is 8.78 Å². The number of ketones is 1. The first-order chi connectivity index (χ1) is 9.51. The first kappa shape index (κ1) is 14.1. The molecule has 0 unspecified atom stereocenters. The summed E-state index contributed by atoms with van der Waals surface area (Å²) in [6.07, 6.45) is -3.60. The molecule has 1 aromatic heterocycles. The van der Waals surface area contributed by atoms with Gasteiger partial charge in [-0.3, -0.25) is 4.79 Å². The van der Waals surface area contributed by atoms with Crippen LogP contribution in [-0.4, -0.2) is 29.5 Å². The van der Waals surface area contributed by atoms with Crippen molar-refractivity contribution in [1.29, 1.82) is 0 Å². The molecule has 0 aliphatic heterocycles. The van der Waals surface area contributed by atoms with E-state index in [1.54, 1.807) is 25.3 Å². The summed E-state index contributed by atoms with van der Waals surface area (Å²) in [4.78, 5) is 14.8. The number of ether oxygens (including phenoxy) is 1. The zero-order valence-corrected chi connectivity index (χ0v) is 10.9. The van der Waals surface area contributed by atoms with Crippen molar-refractivity contribution >= 4 is 5.78 Å². The smallest absolute Gasteiger partial charge is 0.296 e. The van der Waals surface area contributed by atoms with Crippen LogP contribution in [-0.2, 0) is 11.2 Å². The Labute approximate surface area is 113 Å². The zero-order chi connectivity index (χ0) is 14.7. The van der Waals surface area contributed by atoms with Crippen LogP contribution in [0.25, 0.3) is 11.4 Å². The molecule has 0 aliphatic rings. The van der Waals surface area contributed by atoms with Gasteiger partial charge in [0, 0.05) is 5.56 Å². The fourth-order valence-corrected chi connectivity index (χ4v) is 1.69. The Bertz CT molecular complexity index is 626. The Hall–Kier alpha value is -2.31. The number of methoxy groups -OCH3 is 1. The van der Waals surface area contributed by atoms with Gasteiger partial charge in [0.05, 0.1) is 13.5 Å². The minimum Gasteiger partial charge on any atom is -0.496 e. The number of hydrogen-bond acceptors (Lipinski definition) is 5. The van der Waals surface area contributed by atoms with Gasteiger partial charge in [-0.2, -0.15) is 4.98 Å². The standard InChI is InChI=1S/C13H12F2N2O3/c1-7-5-8(3-4-10(7)19-2)13-16-11(20-17-13)6-9(18)12(14)15/h3-5,12H,6H2,1-2H3. The van der Waals surface area contributed by atoms with Gasteiger partial charge < -0.3 is 9.26 Å². The van der Waals surface area contributed by atoms with Crippen LogP contribution in [0.3, 0.4) is 0 Å². The monoisotopic (exact) mass is 282 g/mol. The lowest BCUT2D eigenvalue weighted by molar-refractivity contribution is -0.129. The molecule has 0 N–H and O–H groups in total. The van der Waals surface area contributed by atoms with Crippen molar-refractivity contribution < 1.29 is 22.8 Å². The lowest BCUT2D eigenvalue weighted by Crippen LogP contribution is -2.12. The van der Waals surface area contributed by atoms with E-state index in [9.17, 15) is 13.6 Å². The van der Waals surface area contributed by atoms with Gasteiger partial charge in [0.2, 0.25) is 17.5 Å². The first-order valence-electron chi connectivity index (χ1n) is 5.79. The van der Waals surface area contributed by atoms with Crippen molar-refractivity contribution in [2.24, 2.45) is 0 Å². The van der Waals surface area contributed by atoms with Crippen molar-refractivity contribution in [2.45, 2.75) is 19.8 Å². The van der Waals surface area contributed by atoms with Crippen molar-refractivity contribution in [2.75, 3.05) is 7.11 Å². The molecule has 0 bridgehead atoms. The van der Waals surface area contributed by atoms with Gasteiger partial charge in [-0.1, -0.05) is 5.16 Å². The average Bonchev–Trinajstić information content (AvgIpc) is 2.87. The molecule has 0 fully saturated rings. The summed E-state index contributed by atoms with van der Waals surface area (Å²) in [5.74, 6) is -0.414. The Balaban J connectivity index is 2.20. The largest absolute Gasteiger partial charge is 0.496 e. The Kier molecular flexibility index (Phi) is 4.07. The second-order valence-corrected chi connectivity index (χ2v) is 4.14. The van der Waals surface area contributed by atoms with E-state index in [0.29, 0.717) is 11.3 Å². The molecule has 1 aromatic carbocycles. The van der Waals surface area contributed by atoms with Gasteiger partial charge in [0.1, 0.15) is 5.75 Å². The third-order valence-electron chi connectivity index (χ3n) is 2.69. The fourth-order valence-electron chi connectivity index (χ4n) is 1.69. The highest BCUT2D eigenvalue weighted by molar-refractivity contribution is 5.83. The topological polar surface area (TPSA) is 65.2 Å². The van der Waals surface area contributed by atoms with Gasteiger partial charge in [0.15, 0.2) is 0 Å². The average molecular weight is 282 g/mol. The molecule has 7 heteroatoms. The highest BCUT2D eigenvalue weighted by atomic mass is 19.3. The molecule has 106 valence electrons. The number of aromatic nitrogens is 2. The van der Waals surface area contributed by atoms with E-state index < -0.39 is 18.6 Å². The molecule has 0 saturated carbocycles. The Morgan fingerprint density at radius 2 is 2.20 bits per heavy atom. The summed E-state index contributed by atoms with van der Waals surface area (Å²) in [5, 5.41) is 3.67. The van der Waals surface area contributed by atoms with E-state index in [1.165, 1.54) is 0 Å². The molecule has 1 heterocycles. The maximum absolute atomic E-state index is 12.1. The minimum absolute atomic E-state index is 0.126. The second-order valence-electron chi connectivity index (χ2n) is 4.14. The highest BCUT2D eigenvalue weighted by Gasteiger charge is 2.20. The molecule has 0 aliphatic carbocycles. The van der Waals surface area contributed by atoms with Crippen LogP contribution in [0.2, 0.25) is 0 Å². The molecular weight excluding hydrogens is 270 g/mol. The quantitative estimate of drug-likeness (QED) is 0.842. The SMILES string of the molecule is COc1ccc(-c2noc(CC(=O)C(F)F)n2)cc1C. The number of carbonyl (C=O) groups excluding carboxylic acids is 1. The molecule has 0 amide bonds. The third kappa shape index (κ3) is 2.98. The summed E-state index contributed by atoms with van der Waals surface area (Å²) in [7, 11) is 1.56. The molecule has 0 spiro atoms. The van der Waals surface area contributed by atoms with Crippen molar-refractivity contribution in [3.05, 3.63) is 29.7 Å². The summed E-state index contributed by atoms with van der Waals surface area (Å²) >= 11 is 0. The van der Waals surface area contributed by atoms with Gasteiger partial charge in [-0.15, -0.1) is 0 Å². The molecule has 0 radical (unpaired) electrons. The van der Waals surface area contributed by atoms with E-state index in [1.807, 2.05) is 6.92 Å². The number of hydrogen-bond donors (Lipinski definition) is 0. The third-order valence-corrected chi connectivity index (χ3v) is 2.69. The summed E-state index contributed by atoms with van der Waals surface area (Å²) in [6, 6.07) is 5.24. The number of alkyl halides is 2. The van der Waals surface area contributed by atoms with Crippen molar-refractivity contribution in [3.8, 4) is 17.1 Å². The predicted octanol–water partition coefficient (Wildman–Crippen LogP) is 2.43. The molecule has 2 aromatic rings. The maximum Gasteiger partial charge on any atom is 0.296 e. The normalized spacial score (nSPS) is 10.8. The van der Waals surface area contributed by atoms with Gasteiger partial charge in [-0.05, 0) is 30.7 Å². The zero-order valence-electron chi connectivity index (χ0n) is 10.9. The summed E-state index contributed by atoms with van der Waals surface area (Å²) in [5.41, 5.74) is 1.53. The van der Waals surface area contributed by atoms with Crippen LogP contribution in [0.4, 0.5) is 8.78 Å². The van der Waals surface area contributed by atoms with Crippen molar-refractivity contribution in [3.63, 3.8) is 0 Å². The van der Waals surface area contributed by atoms with Gasteiger partial charge >= 0.3 is 0 Å². The van der Waals surface area contributed by atoms with E-state index in [4.69, 9.17) is 9.26 Å². The van der Waals surface area contributed by atoms with Crippen LogP contribution in [0.15, 0.2) is 22.7 Å². The van der Waals surface area contributed by atoms with Crippen LogP contribution in [0.5, 0.6) is 5.75 Å². The molecular formula is C13H12F2N2O3. The maximum atomic E-state index is 12.1. The Morgan fingerprint density at radius 3 is 2.80 bits per heavy atom. The second kappa shape index (κ2) is 5.77. The molecule has 5 nitrogen and oxygen atoms in total.